The molecule has 5 nitrogen and oxygen atoms in total. The van der Waals surface area contributed by atoms with Gasteiger partial charge in [-0.3, -0.25) is 4.79 Å². The van der Waals surface area contributed by atoms with Gasteiger partial charge in [0.25, 0.3) is 0 Å². The molecule has 1 aromatic rings. The molecule has 25 heavy (non-hydrogen) atoms. The van der Waals surface area contributed by atoms with Gasteiger partial charge in [-0.05, 0) is 43.1 Å². The average Bonchev–Trinajstić information content (AvgIpc) is 3.20. The quantitative estimate of drug-likeness (QED) is 0.887. The Morgan fingerprint density at radius 3 is 2.52 bits per heavy atom. The molecule has 3 N–H and O–H groups in total. The number of likely N-dealkylation sites (tertiary alicyclic amines) is 1. The Bertz CT molecular complexity index is 656. The van der Waals surface area contributed by atoms with Crippen molar-refractivity contribution < 1.29 is 9.59 Å². The maximum absolute atomic E-state index is 12.8. The molecular formula is C20H27N3O2. The summed E-state index contributed by atoms with van der Waals surface area (Å²) >= 11 is 0. The number of nitrogens with one attached hydrogen (secondary N) is 1. The molecule has 3 fully saturated rings. The molecule has 1 saturated heterocycles. The van der Waals surface area contributed by atoms with Crippen LogP contribution in [0.25, 0.3) is 0 Å². The normalized spacial score (nSPS) is 30.2. The van der Waals surface area contributed by atoms with E-state index < -0.39 is 0 Å². The highest BCUT2D eigenvalue weighted by molar-refractivity contribution is 5.78. The third kappa shape index (κ3) is 3.00. The number of carbonyl (C=O) groups excluding carboxylic acids is 2. The van der Waals surface area contributed by atoms with Gasteiger partial charge in [0.15, 0.2) is 0 Å². The van der Waals surface area contributed by atoms with Crippen molar-refractivity contribution in [3.63, 3.8) is 0 Å². The van der Waals surface area contributed by atoms with Gasteiger partial charge in [0, 0.05) is 31.0 Å². The van der Waals surface area contributed by atoms with Gasteiger partial charge in [-0.1, -0.05) is 36.8 Å². The molecule has 1 heterocycles. The number of primary amides is 1. The summed E-state index contributed by atoms with van der Waals surface area (Å²) in [4.78, 5) is 26.1. The molecule has 3 aliphatic rings. The number of carbonyl (C=O) groups is 2. The summed E-state index contributed by atoms with van der Waals surface area (Å²) in [6, 6.07) is 10.7. The predicted molar refractivity (Wildman–Crippen MR) is 95.9 cm³/mol. The Hall–Kier alpha value is -2.04. The molecule has 2 aliphatic carbocycles. The van der Waals surface area contributed by atoms with Crippen LogP contribution in [0.5, 0.6) is 0 Å². The number of nitrogens with two attached hydrogens (primary N) is 1. The first-order valence-corrected chi connectivity index (χ1v) is 9.47. The van der Waals surface area contributed by atoms with E-state index >= 15 is 0 Å². The lowest BCUT2D eigenvalue weighted by Gasteiger charge is -2.43. The van der Waals surface area contributed by atoms with Crippen molar-refractivity contribution in [2.45, 2.75) is 50.5 Å². The lowest BCUT2D eigenvalue weighted by Crippen LogP contribution is -2.44. The summed E-state index contributed by atoms with van der Waals surface area (Å²) in [6.45, 7) is 1.65. The van der Waals surface area contributed by atoms with E-state index in [2.05, 4.69) is 29.6 Å². The molecule has 5 heteroatoms. The zero-order valence-electron chi connectivity index (χ0n) is 14.6. The van der Waals surface area contributed by atoms with Crippen molar-refractivity contribution >= 4 is 11.9 Å². The summed E-state index contributed by atoms with van der Waals surface area (Å²) in [6.07, 6.45) is 6.01. The Labute approximate surface area is 148 Å². The standard InChI is InChI=1S/C20H27N3O2/c21-18(24)15-7-8-16(11-15)22-19(25)23-12-17(14-5-2-1-3-6-14)20(13-23)9-4-10-20/h1-3,5-6,15-17H,4,7-13H2,(H2,21,24)(H,22,25)/t15-,16+,17?/m1/s1. The van der Waals surface area contributed by atoms with E-state index in [0.29, 0.717) is 12.3 Å². The van der Waals surface area contributed by atoms with Crippen LogP contribution in [0.4, 0.5) is 4.79 Å². The van der Waals surface area contributed by atoms with Crippen molar-refractivity contribution in [2.24, 2.45) is 17.1 Å². The van der Waals surface area contributed by atoms with Crippen LogP contribution in [-0.2, 0) is 4.79 Å². The molecule has 1 aromatic carbocycles. The monoisotopic (exact) mass is 341 g/mol. The third-order valence-electron chi connectivity index (χ3n) is 6.65. The van der Waals surface area contributed by atoms with Gasteiger partial charge in [-0.15, -0.1) is 0 Å². The van der Waals surface area contributed by atoms with Gasteiger partial charge < -0.3 is 16.0 Å². The van der Waals surface area contributed by atoms with Crippen LogP contribution < -0.4 is 11.1 Å². The zero-order valence-corrected chi connectivity index (χ0v) is 14.6. The molecule has 1 spiro atoms. The molecule has 3 atom stereocenters. The van der Waals surface area contributed by atoms with Gasteiger partial charge in [-0.25, -0.2) is 4.79 Å². The Morgan fingerprint density at radius 1 is 1.16 bits per heavy atom. The number of urea groups is 1. The van der Waals surface area contributed by atoms with Crippen molar-refractivity contribution in [3.05, 3.63) is 35.9 Å². The highest BCUT2D eigenvalue weighted by atomic mass is 16.2. The summed E-state index contributed by atoms with van der Waals surface area (Å²) < 4.78 is 0. The van der Waals surface area contributed by atoms with Crippen molar-refractivity contribution in [2.75, 3.05) is 13.1 Å². The van der Waals surface area contributed by atoms with Gasteiger partial charge in [0.2, 0.25) is 5.91 Å². The smallest absolute Gasteiger partial charge is 0.317 e. The van der Waals surface area contributed by atoms with E-state index in [1.165, 1.54) is 24.8 Å². The summed E-state index contributed by atoms with van der Waals surface area (Å²) in [7, 11) is 0. The van der Waals surface area contributed by atoms with Crippen LogP contribution in [-0.4, -0.2) is 36.0 Å². The van der Waals surface area contributed by atoms with E-state index in [4.69, 9.17) is 5.73 Å². The van der Waals surface area contributed by atoms with Gasteiger partial charge in [-0.2, -0.15) is 0 Å². The second-order valence-corrected chi connectivity index (χ2v) is 8.12. The first-order valence-electron chi connectivity index (χ1n) is 9.47. The van der Waals surface area contributed by atoms with Crippen LogP contribution in [0, 0.1) is 11.3 Å². The molecule has 0 bridgehead atoms. The second kappa shape index (κ2) is 6.36. The summed E-state index contributed by atoms with van der Waals surface area (Å²) in [5.41, 5.74) is 7.02. The van der Waals surface area contributed by atoms with E-state index in [1.54, 1.807) is 0 Å². The number of benzene rings is 1. The fourth-order valence-corrected chi connectivity index (χ4v) is 5.04. The van der Waals surface area contributed by atoms with Gasteiger partial charge in [0.05, 0.1) is 0 Å². The van der Waals surface area contributed by atoms with E-state index in [1.807, 2.05) is 11.0 Å². The molecular weight excluding hydrogens is 314 g/mol. The van der Waals surface area contributed by atoms with Crippen LogP contribution in [0.1, 0.15) is 50.0 Å². The lowest BCUT2D eigenvalue weighted by molar-refractivity contribution is -0.121. The topological polar surface area (TPSA) is 75.4 Å². The molecule has 1 aliphatic heterocycles. The number of amides is 3. The Kier molecular flexibility index (Phi) is 4.18. The SMILES string of the molecule is NC(=O)[C@@H]1CC[C@H](NC(=O)N2CC(c3ccccc3)C3(CCC3)C2)C1. The number of hydrogen-bond acceptors (Lipinski definition) is 2. The minimum absolute atomic E-state index is 0.0276. The molecule has 134 valence electrons. The predicted octanol–water partition coefficient (Wildman–Crippen LogP) is 2.62. The number of rotatable bonds is 3. The number of nitrogens with zero attached hydrogens (tertiary/aromatic N) is 1. The Balaban J connectivity index is 1.42. The van der Waals surface area contributed by atoms with Crippen molar-refractivity contribution in [1.82, 2.24) is 10.2 Å². The minimum atomic E-state index is -0.240. The van der Waals surface area contributed by atoms with E-state index in [9.17, 15) is 9.59 Å². The molecule has 0 aromatic heterocycles. The highest BCUT2D eigenvalue weighted by Crippen LogP contribution is 2.55. The lowest BCUT2D eigenvalue weighted by atomic mass is 9.61. The average molecular weight is 341 g/mol. The fourth-order valence-electron chi connectivity index (χ4n) is 5.04. The Morgan fingerprint density at radius 2 is 1.92 bits per heavy atom. The first-order chi connectivity index (χ1) is 12.1. The first kappa shape index (κ1) is 16.4. The molecule has 2 saturated carbocycles. The van der Waals surface area contributed by atoms with Crippen LogP contribution in [0.2, 0.25) is 0 Å². The van der Waals surface area contributed by atoms with Gasteiger partial charge >= 0.3 is 6.03 Å². The molecule has 3 amide bonds. The van der Waals surface area contributed by atoms with E-state index in [-0.39, 0.29) is 29.3 Å². The van der Waals surface area contributed by atoms with Crippen LogP contribution in [0.3, 0.4) is 0 Å². The summed E-state index contributed by atoms with van der Waals surface area (Å²) in [5, 5.41) is 3.14. The largest absolute Gasteiger partial charge is 0.369 e. The molecule has 4 rings (SSSR count). The number of hydrogen-bond donors (Lipinski definition) is 2. The van der Waals surface area contributed by atoms with Crippen molar-refractivity contribution in [3.8, 4) is 0 Å². The van der Waals surface area contributed by atoms with Crippen molar-refractivity contribution in [1.29, 1.82) is 0 Å². The maximum Gasteiger partial charge on any atom is 0.317 e. The fraction of sp³-hybridized carbons (Fsp3) is 0.600. The van der Waals surface area contributed by atoms with Crippen LogP contribution >= 0.6 is 0 Å². The summed E-state index contributed by atoms with van der Waals surface area (Å²) in [5.74, 6) is 0.115. The minimum Gasteiger partial charge on any atom is -0.369 e. The maximum atomic E-state index is 12.8. The van der Waals surface area contributed by atoms with Gasteiger partial charge in [0.1, 0.15) is 0 Å². The highest BCUT2D eigenvalue weighted by Gasteiger charge is 2.52. The molecule has 0 radical (unpaired) electrons. The van der Waals surface area contributed by atoms with Crippen LogP contribution in [0.15, 0.2) is 30.3 Å². The van der Waals surface area contributed by atoms with E-state index in [0.717, 1.165) is 25.9 Å². The molecule has 1 unspecified atom stereocenters. The second-order valence-electron chi connectivity index (χ2n) is 8.12. The third-order valence-corrected chi connectivity index (χ3v) is 6.65. The zero-order chi connectivity index (χ0) is 17.4.